The first-order valence-corrected chi connectivity index (χ1v) is 7.51. The van der Waals surface area contributed by atoms with Crippen molar-refractivity contribution in [2.45, 2.75) is 18.9 Å². The second-order valence-electron chi connectivity index (χ2n) is 4.71. The van der Waals surface area contributed by atoms with E-state index in [1.54, 1.807) is 12.4 Å². The van der Waals surface area contributed by atoms with E-state index in [1.165, 1.54) is 11.3 Å². The van der Waals surface area contributed by atoms with Gasteiger partial charge in [-0.25, -0.2) is 4.98 Å². The Labute approximate surface area is 121 Å². The topological polar surface area (TPSA) is 58.1 Å². The number of likely N-dealkylation sites (tertiary alicyclic amines) is 1. The Bertz CT molecular complexity index is 599. The van der Waals surface area contributed by atoms with Gasteiger partial charge in [0, 0.05) is 13.6 Å². The van der Waals surface area contributed by atoms with E-state index in [-0.39, 0.29) is 11.9 Å². The lowest BCUT2D eigenvalue weighted by molar-refractivity contribution is 0.0737. The fourth-order valence-electron chi connectivity index (χ4n) is 2.52. The van der Waals surface area contributed by atoms with E-state index in [0.29, 0.717) is 0 Å². The molecule has 1 atom stereocenters. The quantitative estimate of drug-likeness (QED) is 0.943. The Morgan fingerprint density at radius 2 is 2.40 bits per heavy atom. The van der Waals surface area contributed by atoms with Gasteiger partial charge in [0.25, 0.3) is 5.91 Å². The van der Waals surface area contributed by atoms with Gasteiger partial charge in [-0.05, 0) is 24.3 Å². The molecule has 20 heavy (non-hydrogen) atoms. The summed E-state index contributed by atoms with van der Waals surface area (Å²) in [5.41, 5.74) is 0.860. The lowest BCUT2D eigenvalue weighted by Crippen LogP contribution is -2.30. The zero-order chi connectivity index (χ0) is 13.9. The molecule has 1 aliphatic heterocycles. The number of aromatic nitrogens is 2. The van der Waals surface area contributed by atoms with Crippen LogP contribution in [0, 0.1) is 0 Å². The normalized spacial score (nSPS) is 18.2. The molecular formula is C14H16N4OS. The molecule has 2 aromatic heterocycles. The van der Waals surface area contributed by atoms with Gasteiger partial charge < -0.3 is 10.2 Å². The highest BCUT2D eigenvalue weighted by Gasteiger charge is 2.32. The van der Waals surface area contributed by atoms with Crippen molar-refractivity contribution in [1.82, 2.24) is 14.9 Å². The molecule has 1 aliphatic rings. The predicted molar refractivity (Wildman–Crippen MR) is 78.9 cm³/mol. The monoisotopic (exact) mass is 288 g/mol. The number of hydrogen-bond acceptors (Lipinski definition) is 5. The van der Waals surface area contributed by atoms with Crippen LogP contribution >= 0.6 is 11.3 Å². The number of carbonyl (C=O) groups excluding carboxylic acids is 1. The van der Waals surface area contributed by atoms with Crippen molar-refractivity contribution in [3.63, 3.8) is 0 Å². The van der Waals surface area contributed by atoms with E-state index in [0.717, 1.165) is 35.8 Å². The lowest BCUT2D eigenvalue weighted by atomic mass is 10.1. The van der Waals surface area contributed by atoms with Crippen LogP contribution in [0.25, 0.3) is 0 Å². The molecule has 1 N–H and O–H groups in total. The number of anilines is 1. The maximum absolute atomic E-state index is 12.5. The Morgan fingerprint density at radius 3 is 3.15 bits per heavy atom. The molecule has 2 aromatic rings. The van der Waals surface area contributed by atoms with E-state index in [2.05, 4.69) is 15.3 Å². The van der Waals surface area contributed by atoms with Crippen molar-refractivity contribution in [3.8, 4) is 0 Å². The minimum absolute atomic E-state index is 0.0328. The largest absolute Gasteiger partial charge is 0.372 e. The first-order valence-electron chi connectivity index (χ1n) is 6.64. The number of nitrogens with zero attached hydrogens (tertiary/aromatic N) is 3. The first kappa shape index (κ1) is 13.1. The predicted octanol–water partition coefficient (Wildman–Crippen LogP) is 2.56. The molecule has 0 unspecified atom stereocenters. The minimum Gasteiger partial charge on any atom is -0.372 e. The Hall–Kier alpha value is -1.95. The summed E-state index contributed by atoms with van der Waals surface area (Å²) in [6.07, 6.45) is 5.39. The van der Waals surface area contributed by atoms with Gasteiger partial charge in [0.15, 0.2) is 0 Å². The molecule has 1 fully saturated rings. The third-order valence-corrected chi connectivity index (χ3v) is 4.35. The maximum atomic E-state index is 12.5. The molecule has 0 saturated carbocycles. The number of amides is 1. The number of carbonyl (C=O) groups is 1. The van der Waals surface area contributed by atoms with Crippen LogP contribution in [0.3, 0.4) is 0 Å². The molecule has 3 rings (SSSR count). The summed E-state index contributed by atoms with van der Waals surface area (Å²) in [5, 5.41) is 4.92. The van der Waals surface area contributed by atoms with E-state index >= 15 is 0 Å². The van der Waals surface area contributed by atoms with Crippen LogP contribution in [0.2, 0.25) is 0 Å². The molecule has 0 radical (unpaired) electrons. The van der Waals surface area contributed by atoms with E-state index < -0.39 is 0 Å². The van der Waals surface area contributed by atoms with Crippen LogP contribution in [-0.4, -0.2) is 34.4 Å². The van der Waals surface area contributed by atoms with Crippen molar-refractivity contribution >= 4 is 23.1 Å². The molecule has 3 heterocycles. The van der Waals surface area contributed by atoms with Crippen LogP contribution in [-0.2, 0) is 0 Å². The van der Waals surface area contributed by atoms with Crippen LogP contribution in [0.4, 0.5) is 5.82 Å². The number of thiophene rings is 1. The van der Waals surface area contributed by atoms with Crippen molar-refractivity contribution in [3.05, 3.63) is 40.5 Å². The summed E-state index contributed by atoms with van der Waals surface area (Å²) in [7, 11) is 1.82. The van der Waals surface area contributed by atoms with Gasteiger partial charge in [0.05, 0.1) is 29.0 Å². The van der Waals surface area contributed by atoms with Gasteiger partial charge in [-0.1, -0.05) is 6.07 Å². The maximum Gasteiger partial charge on any atom is 0.264 e. The van der Waals surface area contributed by atoms with E-state index in [4.69, 9.17) is 0 Å². The third-order valence-electron chi connectivity index (χ3n) is 3.50. The first-order chi connectivity index (χ1) is 9.79. The molecule has 0 aliphatic carbocycles. The molecular weight excluding hydrogens is 272 g/mol. The summed E-state index contributed by atoms with van der Waals surface area (Å²) < 4.78 is 0. The van der Waals surface area contributed by atoms with Crippen LogP contribution in [0.15, 0.2) is 29.9 Å². The van der Waals surface area contributed by atoms with Gasteiger partial charge in [-0.3, -0.25) is 9.78 Å². The highest BCUT2D eigenvalue weighted by atomic mass is 32.1. The van der Waals surface area contributed by atoms with E-state index in [1.807, 2.05) is 29.5 Å². The van der Waals surface area contributed by atoms with E-state index in [9.17, 15) is 4.79 Å². The van der Waals surface area contributed by atoms with Crippen molar-refractivity contribution < 1.29 is 4.79 Å². The third kappa shape index (κ3) is 2.38. The number of hydrogen-bond donors (Lipinski definition) is 1. The summed E-state index contributed by atoms with van der Waals surface area (Å²) in [4.78, 5) is 23.9. The minimum atomic E-state index is 0.0328. The molecule has 0 spiro atoms. The second kappa shape index (κ2) is 5.58. The van der Waals surface area contributed by atoms with Gasteiger partial charge in [0.2, 0.25) is 0 Å². The SMILES string of the molecule is CNc1cncc([C@@H]2CCCN2C(=O)c2cccs2)n1. The molecule has 5 nitrogen and oxygen atoms in total. The summed E-state index contributed by atoms with van der Waals surface area (Å²) in [5.74, 6) is 0.831. The molecule has 0 aromatic carbocycles. The average Bonchev–Trinajstić information content (AvgIpc) is 3.17. The molecule has 104 valence electrons. The average molecular weight is 288 g/mol. The van der Waals surface area contributed by atoms with Gasteiger partial charge in [-0.15, -0.1) is 11.3 Å². The molecule has 1 saturated heterocycles. The zero-order valence-corrected chi connectivity index (χ0v) is 12.1. The molecule has 6 heteroatoms. The summed E-state index contributed by atoms with van der Waals surface area (Å²) in [6, 6.07) is 3.81. The Kier molecular flexibility index (Phi) is 3.64. The highest BCUT2D eigenvalue weighted by Crippen LogP contribution is 2.32. The van der Waals surface area contributed by atoms with Crippen molar-refractivity contribution in [2.24, 2.45) is 0 Å². The lowest BCUT2D eigenvalue weighted by Gasteiger charge is -2.23. The fraction of sp³-hybridized carbons (Fsp3) is 0.357. The summed E-state index contributed by atoms with van der Waals surface area (Å²) >= 11 is 1.48. The Balaban J connectivity index is 1.86. The van der Waals surface area contributed by atoms with Gasteiger partial charge in [0.1, 0.15) is 5.82 Å². The van der Waals surface area contributed by atoms with Crippen molar-refractivity contribution in [2.75, 3.05) is 18.9 Å². The van der Waals surface area contributed by atoms with Crippen LogP contribution in [0.5, 0.6) is 0 Å². The van der Waals surface area contributed by atoms with Crippen LogP contribution < -0.4 is 5.32 Å². The molecule has 1 amide bonds. The highest BCUT2D eigenvalue weighted by molar-refractivity contribution is 7.12. The fourth-order valence-corrected chi connectivity index (χ4v) is 3.20. The second-order valence-corrected chi connectivity index (χ2v) is 5.66. The van der Waals surface area contributed by atoms with Gasteiger partial charge in [-0.2, -0.15) is 0 Å². The molecule has 0 bridgehead atoms. The number of nitrogens with one attached hydrogen (secondary N) is 1. The standard InChI is InChI=1S/C14H16N4OS/c1-15-13-9-16-8-10(17-13)11-4-2-6-18(11)14(19)12-5-3-7-20-12/h3,5,7-9,11H,2,4,6H2,1H3,(H,15,17)/t11-/m0/s1. The number of rotatable bonds is 3. The van der Waals surface area contributed by atoms with Gasteiger partial charge >= 0.3 is 0 Å². The van der Waals surface area contributed by atoms with Crippen LogP contribution in [0.1, 0.15) is 34.2 Å². The van der Waals surface area contributed by atoms with Crippen molar-refractivity contribution in [1.29, 1.82) is 0 Å². The Morgan fingerprint density at radius 1 is 1.50 bits per heavy atom. The summed E-state index contributed by atoms with van der Waals surface area (Å²) in [6.45, 7) is 0.785. The zero-order valence-electron chi connectivity index (χ0n) is 11.2. The smallest absolute Gasteiger partial charge is 0.264 e.